The molecule has 5 heteroatoms. The van der Waals surface area contributed by atoms with Crippen LogP contribution < -0.4 is 0 Å². The van der Waals surface area contributed by atoms with Crippen LogP contribution in [0.5, 0.6) is 0 Å². The molecule has 5 nitrogen and oxygen atoms in total. The molecule has 204 valence electrons. The Morgan fingerprint density at radius 2 is 1.68 bits per heavy atom. The first-order valence-corrected chi connectivity index (χ1v) is 14.7. The zero-order valence-electron chi connectivity index (χ0n) is 24.3. The number of aromatic nitrogens is 1. The van der Waals surface area contributed by atoms with Gasteiger partial charge in [-0.3, -0.25) is 9.59 Å². The number of carbonyl (C=O) groups excluding carboxylic acids is 2. The fourth-order valence-corrected chi connectivity index (χ4v) is 11.6. The van der Waals surface area contributed by atoms with Gasteiger partial charge in [0.25, 0.3) is 0 Å². The Bertz CT molecular complexity index is 1150. The van der Waals surface area contributed by atoms with Gasteiger partial charge in [0.15, 0.2) is 0 Å². The maximum absolute atomic E-state index is 14.5. The van der Waals surface area contributed by atoms with Gasteiger partial charge in [0, 0.05) is 23.3 Å². The minimum absolute atomic E-state index is 0.0153. The molecule has 4 fully saturated rings. The Kier molecular flexibility index (Phi) is 5.20. The molecule has 0 aliphatic heterocycles. The van der Waals surface area contributed by atoms with Crippen LogP contribution in [0.15, 0.2) is 10.7 Å². The fourth-order valence-electron chi connectivity index (χ4n) is 11.6. The highest BCUT2D eigenvalue weighted by Gasteiger charge is 2.73. The molecule has 4 saturated carbocycles. The van der Waals surface area contributed by atoms with E-state index in [1.807, 2.05) is 6.20 Å². The van der Waals surface area contributed by atoms with Crippen LogP contribution in [0.4, 0.5) is 0 Å². The number of carbonyl (C=O) groups is 2. The van der Waals surface area contributed by atoms with Crippen molar-refractivity contribution in [1.29, 1.82) is 0 Å². The first kappa shape index (κ1) is 25.6. The molecule has 1 heterocycles. The van der Waals surface area contributed by atoms with Crippen LogP contribution in [0.3, 0.4) is 0 Å². The van der Waals surface area contributed by atoms with Crippen molar-refractivity contribution >= 4 is 11.8 Å². The fraction of sp³-hybridized carbons (Fsp3) is 0.844. The number of methoxy groups -OCH3 is 1. The topological polar surface area (TPSA) is 69.4 Å². The van der Waals surface area contributed by atoms with Gasteiger partial charge in [-0.25, -0.2) is 0 Å². The second-order valence-electron chi connectivity index (χ2n) is 15.8. The summed E-state index contributed by atoms with van der Waals surface area (Å²) < 4.78 is 11.3. The van der Waals surface area contributed by atoms with Gasteiger partial charge in [-0.1, -0.05) is 53.6 Å². The molecular formula is C32H47NO4. The summed E-state index contributed by atoms with van der Waals surface area (Å²) in [6, 6.07) is 0. The molecular weight excluding hydrogens is 462 g/mol. The molecule has 1 aromatic heterocycles. The third-order valence-electron chi connectivity index (χ3n) is 13.5. The number of hydrogen-bond donors (Lipinski definition) is 0. The van der Waals surface area contributed by atoms with Crippen molar-refractivity contribution in [2.75, 3.05) is 7.11 Å². The smallest absolute Gasteiger partial charge is 0.312 e. The Morgan fingerprint density at radius 1 is 0.973 bits per heavy atom. The molecule has 0 spiro atoms. The first-order chi connectivity index (χ1) is 17.2. The number of rotatable bonds is 1. The first-order valence-electron chi connectivity index (χ1n) is 14.7. The molecule has 5 aliphatic carbocycles. The van der Waals surface area contributed by atoms with Crippen molar-refractivity contribution in [1.82, 2.24) is 5.16 Å². The Balaban J connectivity index is 1.46. The Labute approximate surface area is 222 Å². The van der Waals surface area contributed by atoms with Crippen molar-refractivity contribution < 1.29 is 18.8 Å². The number of ether oxygens (including phenoxy) is 1. The van der Waals surface area contributed by atoms with E-state index in [0.717, 1.165) is 57.1 Å². The van der Waals surface area contributed by atoms with E-state index in [4.69, 9.17) is 9.26 Å². The predicted octanol–water partition coefficient (Wildman–Crippen LogP) is 6.92. The van der Waals surface area contributed by atoms with Gasteiger partial charge in [0.1, 0.15) is 11.5 Å². The lowest BCUT2D eigenvalue weighted by molar-refractivity contribution is -0.231. The van der Waals surface area contributed by atoms with Gasteiger partial charge >= 0.3 is 5.97 Å². The normalized spacial score (nSPS) is 47.5. The van der Waals surface area contributed by atoms with Crippen LogP contribution in [0.2, 0.25) is 0 Å². The van der Waals surface area contributed by atoms with Crippen LogP contribution in [0.25, 0.3) is 0 Å². The number of hydrogen-bond acceptors (Lipinski definition) is 5. The SMILES string of the molecule is COC(=O)[C@]12CCC(C)(C)C[C@H]1[C@H]1C(=O)C[C@@H]3[C@@]4(C)Cc5cnoc5C(C)(C)[C@@H]4CC[C@@]3(C)[C@]1(C)CC2. The summed E-state index contributed by atoms with van der Waals surface area (Å²) in [5.74, 6) is 2.18. The number of esters is 1. The van der Waals surface area contributed by atoms with Crippen LogP contribution >= 0.6 is 0 Å². The standard InChI is InChI=1S/C32H47NO4/c1-27(2)11-13-32(26(35)36-8)14-12-31(7)24(20(32)17-27)21(34)15-23-29(5)16-19-18-33-37-25(19)28(3,4)22(29)9-10-30(23,31)6/h18,20,22-24H,9-17H2,1-8H3/t20-,22-,23+,24-,29-,30+,31+,32-/m0/s1. The minimum atomic E-state index is -0.501. The van der Waals surface area contributed by atoms with Crippen LogP contribution in [-0.2, 0) is 26.2 Å². The second kappa shape index (κ2) is 7.50. The highest BCUT2D eigenvalue weighted by Crippen LogP contribution is 2.76. The molecule has 0 N–H and O–H groups in total. The van der Waals surface area contributed by atoms with Crippen LogP contribution in [-0.4, -0.2) is 24.0 Å². The maximum Gasteiger partial charge on any atom is 0.312 e. The maximum atomic E-state index is 14.5. The minimum Gasteiger partial charge on any atom is -0.469 e. The average molecular weight is 510 g/mol. The number of nitrogens with zero attached hydrogens (tertiary/aromatic N) is 1. The quantitative estimate of drug-likeness (QED) is 0.384. The Morgan fingerprint density at radius 3 is 2.38 bits per heavy atom. The molecule has 0 bridgehead atoms. The monoisotopic (exact) mass is 509 g/mol. The van der Waals surface area contributed by atoms with Gasteiger partial charge in [-0.15, -0.1) is 0 Å². The predicted molar refractivity (Wildman–Crippen MR) is 142 cm³/mol. The lowest BCUT2D eigenvalue weighted by Crippen LogP contribution is -2.69. The van der Waals surface area contributed by atoms with Crippen LogP contribution in [0, 0.1) is 50.7 Å². The molecule has 8 atom stereocenters. The van der Waals surface area contributed by atoms with Gasteiger partial charge in [-0.05, 0) is 90.8 Å². The van der Waals surface area contributed by atoms with E-state index in [0.29, 0.717) is 24.0 Å². The summed E-state index contributed by atoms with van der Waals surface area (Å²) in [7, 11) is 1.54. The summed E-state index contributed by atoms with van der Waals surface area (Å²) in [6.07, 6.45) is 10.4. The third-order valence-corrected chi connectivity index (χ3v) is 13.5. The van der Waals surface area contributed by atoms with Gasteiger partial charge < -0.3 is 9.26 Å². The van der Waals surface area contributed by atoms with Crippen molar-refractivity contribution in [2.24, 2.45) is 50.7 Å². The van der Waals surface area contributed by atoms with E-state index >= 15 is 0 Å². The lowest BCUT2D eigenvalue weighted by atomic mass is 9.31. The molecule has 0 unspecified atom stereocenters. The molecule has 6 rings (SSSR count). The van der Waals surface area contributed by atoms with Crippen molar-refractivity contribution in [3.63, 3.8) is 0 Å². The summed E-state index contributed by atoms with van der Waals surface area (Å²) in [6.45, 7) is 16.7. The summed E-state index contributed by atoms with van der Waals surface area (Å²) in [5.41, 5.74) is 0.720. The third kappa shape index (κ3) is 3.01. The van der Waals surface area contributed by atoms with E-state index in [-0.39, 0.29) is 44.9 Å². The zero-order valence-corrected chi connectivity index (χ0v) is 24.3. The molecule has 0 aromatic carbocycles. The molecule has 0 radical (unpaired) electrons. The lowest BCUT2D eigenvalue weighted by Gasteiger charge is -2.72. The van der Waals surface area contributed by atoms with Gasteiger partial charge in [0.2, 0.25) is 0 Å². The zero-order chi connectivity index (χ0) is 26.8. The van der Waals surface area contributed by atoms with Gasteiger partial charge in [0.05, 0.1) is 18.7 Å². The van der Waals surface area contributed by atoms with Gasteiger partial charge in [-0.2, -0.15) is 0 Å². The number of Topliss-reactive ketones (excluding diaryl/α,β-unsaturated/α-hetero) is 1. The second-order valence-corrected chi connectivity index (χ2v) is 15.8. The van der Waals surface area contributed by atoms with E-state index in [1.54, 1.807) is 0 Å². The van der Waals surface area contributed by atoms with E-state index in [2.05, 4.69) is 53.6 Å². The van der Waals surface area contributed by atoms with Crippen LogP contribution in [0.1, 0.15) is 111 Å². The number of ketones is 1. The largest absolute Gasteiger partial charge is 0.469 e. The van der Waals surface area contributed by atoms with E-state index < -0.39 is 5.41 Å². The van der Waals surface area contributed by atoms with E-state index in [1.165, 1.54) is 12.7 Å². The molecule has 1 aromatic rings. The average Bonchev–Trinajstić information content (AvgIpc) is 3.28. The molecule has 0 amide bonds. The van der Waals surface area contributed by atoms with Crippen molar-refractivity contribution in [3.05, 3.63) is 17.5 Å². The summed E-state index contributed by atoms with van der Waals surface area (Å²) >= 11 is 0. The van der Waals surface area contributed by atoms with Crippen molar-refractivity contribution in [2.45, 2.75) is 112 Å². The van der Waals surface area contributed by atoms with Crippen molar-refractivity contribution in [3.8, 4) is 0 Å². The Hall–Kier alpha value is -1.65. The van der Waals surface area contributed by atoms with E-state index in [9.17, 15) is 9.59 Å². The summed E-state index contributed by atoms with van der Waals surface area (Å²) in [5, 5.41) is 4.21. The molecule has 5 aliphatic rings. The summed E-state index contributed by atoms with van der Waals surface area (Å²) in [4.78, 5) is 28.0. The molecule has 0 saturated heterocycles. The number of fused-ring (bicyclic) bond motifs is 8. The highest BCUT2D eigenvalue weighted by molar-refractivity contribution is 5.86. The highest BCUT2D eigenvalue weighted by atomic mass is 16.5. The molecule has 37 heavy (non-hydrogen) atoms.